The first-order valence-corrected chi connectivity index (χ1v) is 10.5. The molecule has 1 fully saturated rings. The molecule has 1 unspecified atom stereocenters. The highest BCUT2D eigenvalue weighted by Gasteiger charge is 2.27. The molecule has 2 aromatic carbocycles. The van der Waals surface area contributed by atoms with Crippen molar-refractivity contribution in [1.82, 2.24) is 9.80 Å². The van der Waals surface area contributed by atoms with E-state index < -0.39 is 17.7 Å². The van der Waals surface area contributed by atoms with Crippen LogP contribution in [0.4, 0.5) is 20.2 Å². The fourth-order valence-corrected chi connectivity index (χ4v) is 3.65. The molecule has 3 rings (SSSR count). The fourth-order valence-electron chi connectivity index (χ4n) is 3.65. The number of amides is 2. The van der Waals surface area contributed by atoms with Gasteiger partial charge >= 0.3 is 0 Å². The predicted molar refractivity (Wildman–Crippen MR) is 117 cm³/mol. The number of anilines is 2. The van der Waals surface area contributed by atoms with E-state index in [4.69, 9.17) is 0 Å². The molecule has 0 saturated carbocycles. The van der Waals surface area contributed by atoms with Gasteiger partial charge in [-0.05, 0) is 37.1 Å². The molecule has 2 aromatic rings. The van der Waals surface area contributed by atoms with Crippen molar-refractivity contribution in [3.63, 3.8) is 0 Å². The third-order valence-corrected chi connectivity index (χ3v) is 5.56. The lowest BCUT2D eigenvalue weighted by Gasteiger charge is -2.37. The molecule has 2 amide bonds. The van der Waals surface area contributed by atoms with E-state index in [1.165, 1.54) is 6.07 Å². The molecule has 0 spiro atoms. The Morgan fingerprint density at radius 3 is 2.39 bits per heavy atom. The number of hydrogen-bond acceptors (Lipinski definition) is 4. The number of para-hydroxylation sites is 1. The van der Waals surface area contributed by atoms with Crippen LogP contribution in [0.5, 0.6) is 0 Å². The Hall–Kier alpha value is -2.84. The summed E-state index contributed by atoms with van der Waals surface area (Å²) in [6.45, 7) is 6.59. The average Bonchev–Trinajstić information content (AvgIpc) is 2.76. The van der Waals surface area contributed by atoms with Crippen molar-refractivity contribution in [2.24, 2.45) is 0 Å². The number of carbonyl (C=O) groups excluding carboxylic acids is 2. The van der Waals surface area contributed by atoms with Crippen molar-refractivity contribution >= 4 is 23.2 Å². The van der Waals surface area contributed by atoms with Crippen molar-refractivity contribution in [2.75, 3.05) is 43.4 Å². The van der Waals surface area contributed by atoms with E-state index in [-0.39, 0.29) is 24.0 Å². The maximum Gasteiger partial charge on any atom is 0.241 e. The summed E-state index contributed by atoms with van der Waals surface area (Å²) in [5.41, 5.74) is 1.89. The molecule has 1 aliphatic rings. The van der Waals surface area contributed by atoms with E-state index in [0.717, 1.165) is 29.8 Å². The molecule has 0 bridgehead atoms. The summed E-state index contributed by atoms with van der Waals surface area (Å²) >= 11 is 0. The Morgan fingerprint density at radius 1 is 1.00 bits per heavy atom. The lowest BCUT2D eigenvalue weighted by atomic mass is 10.1. The van der Waals surface area contributed by atoms with Gasteiger partial charge in [-0.2, -0.15) is 0 Å². The monoisotopic (exact) mass is 430 g/mol. The van der Waals surface area contributed by atoms with Gasteiger partial charge < -0.3 is 10.6 Å². The summed E-state index contributed by atoms with van der Waals surface area (Å²) in [4.78, 5) is 28.9. The maximum atomic E-state index is 13.8. The Labute approximate surface area is 181 Å². The Bertz CT molecular complexity index is 930. The molecule has 8 heteroatoms. The summed E-state index contributed by atoms with van der Waals surface area (Å²) in [6.07, 6.45) is 0.844. The summed E-state index contributed by atoms with van der Waals surface area (Å²) in [6, 6.07) is 10.3. The van der Waals surface area contributed by atoms with Crippen LogP contribution in [0.25, 0.3) is 0 Å². The average molecular weight is 430 g/mol. The lowest BCUT2D eigenvalue weighted by molar-refractivity contribution is -0.122. The molecular weight excluding hydrogens is 402 g/mol. The SMILES string of the molecule is CCc1ccccc1NC(=O)CN1CCN(C(C)C(=O)Nc2ccc(F)cc2F)CC1. The fraction of sp³-hybridized carbons (Fsp3) is 0.391. The standard InChI is InChI=1S/C23H28F2N4O2/c1-3-17-6-4-5-7-20(17)26-22(30)15-28-10-12-29(13-11-28)16(2)23(31)27-21-9-8-18(24)14-19(21)25/h4-9,14,16H,3,10-13,15H2,1-2H3,(H,26,30)(H,27,31). The zero-order valence-electron chi connectivity index (χ0n) is 17.8. The molecule has 1 atom stereocenters. The summed E-state index contributed by atoms with van der Waals surface area (Å²) in [5, 5.41) is 5.49. The highest BCUT2D eigenvalue weighted by Crippen LogP contribution is 2.17. The summed E-state index contributed by atoms with van der Waals surface area (Å²) < 4.78 is 26.8. The van der Waals surface area contributed by atoms with E-state index in [9.17, 15) is 18.4 Å². The van der Waals surface area contributed by atoms with Crippen LogP contribution in [0.1, 0.15) is 19.4 Å². The molecule has 166 valence electrons. The number of benzene rings is 2. The molecule has 0 aromatic heterocycles. The van der Waals surface area contributed by atoms with Crippen LogP contribution in [-0.2, 0) is 16.0 Å². The van der Waals surface area contributed by atoms with E-state index in [0.29, 0.717) is 26.2 Å². The van der Waals surface area contributed by atoms with E-state index in [1.54, 1.807) is 6.92 Å². The molecule has 1 heterocycles. The second-order valence-corrected chi connectivity index (χ2v) is 7.66. The van der Waals surface area contributed by atoms with Crippen molar-refractivity contribution in [2.45, 2.75) is 26.3 Å². The number of aryl methyl sites for hydroxylation is 1. The largest absolute Gasteiger partial charge is 0.325 e. The molecule has 31 heavy (non-hydrogen) atoms. The van der Waals surface area contributed by atoms with E-state index in [2.05, 4.69) is 10.6 Å². The van der Waals surface area contributed by atoms with Gasteiger partial charge in [0.25, 0.3) is 0 Å². The Balaban J connectivity index is 1.47. The van der Waals surface area contributed by atoms with Crippen LogP contribution >= 0.6 is 0 Å². The molecule has 6 nitrogen and oxygen atoms in total. The van der Waals surface area contributed by atoms with Crippen molar-refractivity contribution < 1.29 is 18.4 Å². The molecular formula is C23H28F2N4O2. The molecule has 2 N–H and O–H groups in total. The van der Waals surface area contributed by atoms with Gasteiger partial charge in [0.2, 0.25) is 11.8 Å². The first-order chi connectivity index (χ1) is 14.9. The van der Waals surface area contributed by atoms with Gasteiger partial charge in [-0.15, -0.1) is 0 Å². The maximum absolute atomic E-state index is 13.8. The zero-order valence-corrected chi connectivity index (χ0v) is 17.8. The minimum atomic E-state index is -0.805. The van der Waals surface area contributed by atoms with Crippen molar-refractivity contribution in [3.05, 3.63) is 59.7 Å². The van der Waals surface area contributed by atoms with Crippen LogP contribution in [0.15, 0.2) is 42.5 Å². The van der Waals surface area contributed by atoms with E-state index in [1.807, 2.05) is 41.0 Å². The van der Waals surface area contributed by atoms with Gasteiger partial charge in [0, 0.05) is 37.9 Å². The summed E-state index contributed by atoms with van der Waals surface area (Å²) in [7, 11) is 0. The molecule has 0 aliphatic carbocycles. The number of rotatable bonds is 7. The quantitative estimate of drug-likeness (QED) is 0.709. The molecule has 1 aliphatic heterocycles. The van der Waals surface area contributed by atoms with Gasteiger partial charge in [0.1, 0.15) is 11.6 Å². The van der Waals surface area contributed by atoms with Gasteiger partial charge in [0.05, 0.1) is 18.3 Å². The number of hydrogen-bond donors (Lipinski definition) is 2. The van der Waals surface area contributed by atoms with E-state index >= 15 is 0 Å². The second-order valence-electron chi connectivity index (χ2n) is 7.66. The zero-order chi connectivity index (χ0) is 22.4. The first-order valence-electron chi connectivity index (χ1n) is 10.5. The van der Waals surface area contributed by atoms with Crippen LogP contribution < -0.4 is 10.6 Å². The minimum Gasteiger partial charge on any atom is -0.325 e. The predicted octanol–water partition coefficient (Wildman–Crippen LogP) is 3.11. The van der Waals surface area contributed by atoms with Crippen LogP contribution in [0.3, 0.4) is 0 Å². The first kappa shape index (κ1) is 22.8. The number of nitrogens with one attached hydrogen (secondary N) is 2. The van der Waals surface area contributed by atoms with Gasteiger partial charge in [-0.25, -0.2) is 8.78 Å². The lowest BCUT2D eigenvalue weighted by Crippen LogP contribution is -2.53. The van der Waals surface area contributed by atoms with Gasteiger partial charge in [0.15, 0.2) is 0 Å². The molecule has 0 radical (unpaired) electrons. The van der Waals surface area contributed by atoms with Crippen molar-refractivity contribution in [3.8, 4) is 0 Å². The smallest absolute Gasteiger partial charge is 0.241 e. The Morgan fingerprint density at radius 2 is 1.71 bits per heavy atom. The number of carbonyl (C=O) groups is 2. The normalized spacial score (nSPS) is 16.0. The second kappa shape index (κ2) is 10.5. The highest BCUT2D eigenvalue weighted by atomic mass is 19.1. The summed E-state index contributed by atoms with van der Waals surface area (Å²) in [5.74, 6) is -1.91. The Kier molecular flexibility index (Phi) is 7.70. The number of halogens is 2. The third-order valence-electron chi connectivity index (χ3n) is 5.56. The minimum absolute atomic E-state index is 0.0408. The topological polar surface area (TPSA) is 64.7 Å². The van der Waals surface area contributed by atoms with Gasteiger partial charge in [-0.3, -0.25) is 19.4 Å². The number of nitrogens with zero attached hydrogens (tertiary/aromatic N) is 2. The molecule has 1 saturated heterocycles. The van der Waals surface area contributed by atoms with Crippen molar-refractivity contribution in [1.29, 1.82) is 0 Å². The highest BCUT2D eigenvalue weighted by molar-refractivity contribution is 5.94. The van der Waals surface area contributed by atoms with Crippen LogP contribution in [-0.4, -0.2) is 60.4 Å². The third kappa shape index (κ3) is 6.08. The van der Waals surface area contributed by atoms with Crippen LogP contribution in [0, 0.1) is 11.6 Å². The number of piperazine rings is 1. The van der Waals surface area contributed by atoms with Gasteiger partial charge in [-0.1, -0.05) is 25.1 Å². The van der Waals surface area contributed by atoms with Crippen LogP contribution in [0.2, 0.25) is 0 Å².